The van der Waals surface area contributed by atoms with Crippen molar-refractivity contribution in [1.29, 1.82) is 0 Å². The second-order valence-electron chi connectivity index (χ2n) is 4.74. The average molecular weight is 197 g/mol. The van der Waals surface area contributed by atoms with E-state index in [1.165, 1.54) is 57.8 Å². The molecular weight excluding hydrogens is 168 g/mol. The molecule has 0 bridgehead atoms. The lowest BCUT2D eigenvalue weighted by Gasteiger charge is -2.03. The van der Waals surface area contributed by atoms with E-state index in [-0.39, 0.29) is 0 Å². The summed E-state index contributed by atoms with van der Waals surface area (Å²) in [7, 11) is 0. The molecule has 0 rings (SSSR count). The fourth-order valence-corrected chi connectivity index (χ4v) is 1.73. The van der Waals surface area contributed by atoms with E-state index in [0.717, 1.165) is 5.92 Å². The average Bonchev–Trinajstić information content (AvgIpc) is 2.15. The Morgan fingerprint density at radius 2 is 1.29 bits per heavy atom. The van der Waals surface area contributed by atoms with Crippen molar-refractivity contribution in [3.8, 4) is 0 Å². The summed E-state index contributed by atoms with van der Waals surface area (Å²) in [6, 6.07) is 0. The predicted molar refractivity (Wildman–Crippen MR) is 66.4 cm³/mol. The number of unbranched alkanes of at least 4 members (excludes halogenated alkanes) is 8. The van der Waals surface area contributed by atoms with Crippen LogP contribution in [-0.4, -0.2) is 0 Å². The van der Waals surface area contributed by atoms with Gasteiger partial charge in [0.2, 0.25) is 0 Å². The molecule has 0 aliphatic rings. The highest BCUT2D eigenvalue weighted by Crippen LogP contribution is 2.12. The maximum Gasteiger partial charge on any atom is -0.0360 e. The van der Waals surface area contributed by atoms with Crippen LogP contribution in [0.4, 0.5) is 0 Å². The highest BCUT2D eigenvalue weighted by atomic mass is 14.0. The van der Waals surface area contributed by atoms with Gasteiger partial charge in [0, 0.05) is 0 Å². The third kappa shape index (κ3) is 12.0. The van der Waals surface area contributed by atoms with Gasteiger partial charge in [0.1, 0.15) is 0 Å². The zero-order valence-electron chi connectivity index (χ0n) is 10.5. The minimum absolute atomic E-state index is 0.777. The first-order valence-corrected chi connectivity index (χ1v) is 6.60. The van der Waals surface area contributed by atoms with Crippen molar-refractivity contribution in [2.45, 2.75) is 78.6 Å². The number of hydrogen-bond donors (Lipinski definition) is 0. The van der Waals surface area contributed by atoms with E-state index in [4.69, 9.17) is 0 Å². The summed E-state index contributed by atoms with van der Waals surface area (Å²) < 4.78 is 0. The van der Waals surface area contributed by atoms with Crippen LogP contribution in [0.5, 0.6) is 0 Å². The van der Waals surface area contributed by atoms with E-state index < -0.39 is 0 Å². The molecule has 0 atom stereocenters. The topological polar surface area (TPSA) is 0 Å². The van der Waals surface area contributed by atoms with Gasteiger partial charge in [-0.1, -0.05) is 72.1 Å². The molecule has 0 aromatic carbocycles. The first-order chi connectivity index (χ1) is 6.77. The van der Waals surface area contributed by atoms with Gasteiger partial charge in [0.25, 0.3) is 0 Å². The van der Waals surface area contributed by atoms with E-state index in [0.29, 0.717) is 0 Å². The summed E-state index contributed by atoms with van der Waals surface area (Å²) >= 11 is 0. The summed E-state index contributed by atoms with van der Waals surface area (Å²) in [5.74, 6) is 0.777. The standard InChI is InChI=1S/C14H29/c1-4-5-6-7-8-9-10-11-12-13-14(2)3/h13-14H,4-12H2,1-3H3. The lowest BCUT2D eigenvalue weighted by molar-refractivity contribution is 0.564. The molecule has 0 aliphatic heterocycles. The van der Waals surface area contributed by atoms with Crippen molar-refractivity contribution in [3.05, 3.63) is 6.42 Å². The molecule has 1 radical (unpaired) electrons. The molecule has 0 N–H and O–H groups in total. The van der Waals surface area contributed by atoms with Crippen molar-refractivity contribution in [1.82, 2.24) is 0 Å². The van der Waals surface area contributed by atoms with Crippen molar-refractivity contribution in [2.24, 2.45) is 5.92 Å². The van der Waals surface area contributed by atoms with Crippen LogP contribution >= 0.6 is 0 Å². The summed E-state index contributed by atoms with van der Waals surface area (Å²) in [6.07, 6.45) is 15.2. The van der Waals surface area contributed by atoms with Gasteiger partial charge in [0.05, 0.1) is 0 Å². The molecule has 0 heterocycles. The largest absolute Gasteiger partial charge is 0.0654 e. The Balaban J connectivity index is 2.85. The normalized spacial score (nSPS) is 11.1. The maximum atomic E-state index is 2.44. The molecule has 0 aliphatic carbocycles. The van der Waals surface area contributed by atoms with Gasteiger partial charge in [-0.2, -0.15) is 0 Å². The van der Waals surface area contributed by atoms with Gasteiger partial charge in [-0.05, 0) is 18.8 Å². The molecule has 0 aromatic heterocycles. The van der Waals surface area contributed by atoms with Crippen LogP contribution in [0.2, 0.25) is 0 Å². The van der Waals surface area contributed by atoms with Gasteiger partial charge in [0.15, 0.2) is 0 Å². The predicted octanol–water partition coefficient (Wildman–Crippen LogP) is 5.38. The van der Waals surface area contributed by atoms with Crippen LogP contribution in [0.25, 0.3) is 0 Å². The Bertz CT molecular complexity index is 94.2. The fourth-order valence-electron chi connectivity index (χ4n) is 1.73. The van der Waals surface area contributed by atoms with Crippen LogP contribution in [-0.2, 0) is 0 Å². The zero-order valence-corrected chi connectivity index (χ0v) is 10.5. The van der Waals surface area contributed by atoms with E-state index in [2.05, 4.69) is 27.2 Å². The summed E-state index contributed by atoms with van der Waals surface area (Å²) in [5.41, 5.74) is 0. The minimum atomic E-state index is 0.777. The van der Waals surface area contributed by atoms with Gasteiger partial charge in [-0.3, -0.25) is 0 Å². The third-order valence-electron chi connectivity index (χ3n) is 2.70. The molecule has 14 heavy (non-hydrogen) atoms. The third-order valence-corrected chi connectivity index (χ3v) is 2.70. The monoisotopic (exact) mass is 197 g/mol. The van der Waals surface area contributed by atoms with Crippen molar-refractivity contribution in [2.75, 3.05) is 0 Å². The zero-order chi connectivity index (χ0) is 10.6. The lowest BCUT2D eigenvalue weighted by atomic mass is 10.0. The molecular formula is C14H29. The molecule has 0 nitrogen and oxygen atoms in total. The highest BCUT2D eigenvalue weighted by Gasteiger charge is 1.94. The van der Waals surface area contributed by atoms with E-state index in [1.807, 2.05) is 0 Å². The Morgan fingerprint density at radius 1 is 0.786 bits per heavy atom. The second kappa shape index (κ2) is 11.1. The number of hydrogen-bond acceptors (Lipinski definition) is 0. The van der Waals surface area contributed by atoms with Crippen molar-refractivity contribution >= 4 is 0 Å². The van der Waals surface area contributed by atoms with Crippen LogP contribution in [0.1, 0.15) is 78.6 Å². The van der Waals surface area contributed by atoms with Crippen LogP contribution < -0.4 is 0 Å². The summed E-state index contributed by atoms with van der Waals surface area (Å²) in [4.78, 5) is 0. The molecule has 0 amide bonds. The second-order valence-corrected chi connectivity index (χ2v) is 4.74. The Kier molecular flexibility index (Phi) is 11.1. The molecule has 0 heteroatoms. The highest BCUT2D eigenvalue weighted by molar-refractivity contribution is 4.67. The number of rotatable bonds is 10. The van der Waals surface area contributed by atoms with Crippen LogP contribution in [0.15, 0.2) is 0 Å². The Morgan fingerprint density at radius 3 is 1.79 bits per heavy atom. The SMILES string of the molecule is CCCCCCCCCC[CH]C(C)C. The molecule has 0 unspecified atom stereocenters. The van der Waals surface area contributed by atoms with Crippen molar-refractivity contribution < 1.29 is 0 Å². The molecule has 85 valence electrons. The van der Waals surface area contributed by atoms with Crippen LogP contribution in [0, 0.1) is 12.3 Å². The summed E-state index contributed by atoms with van der Waals surface area (Å²) in [6.45, 7) is 6.82. The fraction of sp³-hybridized carbons (Fsp3) is 0.929. The maximum absolute atomic E-state index is 2.44. The Hall–Kier alpha value is 0. The Labute approximate surface area is 91.5 Å². The molecule has 0 spiro atoms. The van der Waals surface area contributed by atoms with Gasteiger partial charge in [-0.25, -0.2) is 0 Å². The summed E-state index contributed by atoms with van der Waals surface area (Å²) in [5, 5.41) is 0. The minimum Gasteiger partial charge on any atom is -0.0654 e. The van der Waals surface area contributed by atoms with E-state index in [1.54, 1.807) is 0 Å². The van der Waals surface area contributed by atoms with Gasteiger partial charge < -0.3 is 0 Å². The lowest BCUT2D eigenvalue weighted by Crippen LogP contribution is -1.88. The molecule has 0 aromatic rings. The first kappa shape index (κ1) is 14.0. The molecule has 0 saturated carbocycles. The van der Waals surface area contributed by atoms with Gasteiger partial charge >= 0.3 is 0 Å². The quantitative estimate of drug-likeness (QED) is 0.413. The van der Waals surface area contributed by atoms with E-state index in [9.17, 15) is 0 Å². The van der Waals surface area contributed by atoms with Crippen molar-refractivity contribution in [3.63, 3.8) is 0 Å². The van der Waals surface area contributed by atoms with Crippen LogP contribution in [0.3, 0.4) is 0 Å². The van der Waals surface area contributed by atoms with Gasteiger partial charge in [-0.15, -0.1) is 0 Å². The first-order valence-electron chi connectivity index (χ1n) is 6.60. The smallest absolute Gasteiger partial charge is 0.0360 e. The van der Waals surface area contributed by atoms with E-state index >= 15 is 0 Å². The molecule has 0 fully saturated rings. The molecule has 0 saturated heterocycles.